The third kappa shape index (κ3) is 6.16. The number of carbonyl (C=O) groups excluding carboxylic acids is 2. The predicted octanol–water partition coefficient (Wildman–Crippen LogP) is 0.697. The molecule has 7 nitrogen and oxygen atoms in total. The second-order valence-electron chi connectivity index (χ2n) is 6.05. The summed E-state index contributed by atoms with van der Waals surface area (Å²) in [5, 5.41) is 5.46. The molecule has 2 N–H and O–H groups in total. The van der Waals surface area contributed by atoms with Gasteiger partial charge < -0.3 is 15.4 Å². The van der Waals surface area contributed by atoms with Crippen molar-refractivity contribution in [3.63, 3.8) is 0 Å². The van der Waals surface area contributed by atoms with Gasteiger partial charge in [0.05, 0.1) is 13.2 Å². The Hall–Kier alpha value is -2.15. The first kappa shape index (κ1) is 18.2. The van der Waals surface area contributed by atoms with Crippen LogP contribution in [0.5, 0.6) is 5.88 Å². The zero-order chi connectivity index (χ0) is 17.4. The number of rotatable bonds is 8. The molecule has 132 valence electrons. The van der Waals surface area contributed by atoms with Gasteiger partial charge in [-0.1, -0.05) is 13.0 Å². The summed E-state index contributed by atoms with van der Waals surface area (Å²) in [4.78, 5) is 29.1. The monoisotopic (exact) mass is 334 g/mol. The normalized spacial score (nSPS) is 17.5. The van der Waals surface area contributed by atoms with Crippen LogP contribution < -0.4 is 15.4 Å². The molecule has 1 aromatic rings. The molecule has 1 aliphatic rings. The van der Waals surface area contributed by atoms with E-state index in [1.807, 2.05) is 18.3 Å². The van der Waals surface area contributed by atoms with Crippen LogP contribution >= 0.6 is 0 Å². The maximum Gasteiger partial charge on any atom is 0.239 e. The van der Waals surface area contributed by atoms with Crippen molar-refractivity contribution in [2.75, 3.05) is 26.2 Å². The number of amides is 2. The number of aromatic nitrogens is 1. The van der Waals surface area contributed by atoms with E-state index >= 15 is 0 Å². The Morgan fingerprint density at radius 3 is 2.92 bits per heavy atom. The molecule has 7 heteroatoms. The number of hydrogen-bond donors (Lipinski definition) is 2. The van der Waals surface area contributed by atoms with Crippen molar-refractivity contribution in [2.24, 2.45) is 0 Å². The lowest BCUT2D eigenvalue weighted by Crippen LogP contribution is -2.42. The zero-order valence-electron chi connectivity index (χ0n) is 14.4. The van der Waals surface area contributed by atoms with Gasteiger partial charge in [0, 0.05) is 44.9 Å². The van der Waals surface area contributed by atoms with E-state index in [-0.39, 0.29) is 24.4 Å². The molecule has 2 rings (SSSR count). The fourth-order valence-corrected chi connectivity index (χ4v) is 2.63. The van der Waals surface area contributed by atoms with Crippen LogP contribution in [-0.4, -0.2) is 54.0 Å². The second-order valence-corrected chi connectivity index (χ2v) is 6.05. The van der Waals surface area contributed by atoms with Gasteiger partial charge in [-0.2, -0.15) is 0 Å². The average Bonchev–Trinajstić information content (AvgIpc) is 2.99. The molecule has 0 spiro atoms. The van der Waals surface area contributed by atoms with E-state index < -0.39 is 0 Å². The van der Waals surface area contributed by atoms with Crippen molar-refractivity contribution in [3.05, 3.63) is 23.9 Å². The summed E-state index contributed by atoms with van der Waals surface area (Å²) in [6, 6.07) is 4.06. The summed E-state index contributed by atoms with van der Waals surface area (Å²) < 4.78 is 5.48. The largest absolute Gasteiger partial charge is 0.478 e. The number of likely N-dealkylation sites (tertiary alicyclic amines) is 1. The van der Waals surface area contributed by atoms with Gasteiger partial charge in [0.15, 0.2) is 0 Å². The Morgan fingerprint density at radius 1 is 1.42 bits per heavy atom. The molecule has 0 aliphatic carbocycles. The van der Waals surface area contributed by atoms with E-state index in [0.29, 0.717) is 12.5 Å². The van der Waals surface area contributed by atoms with Gasteiger partial charge in [-0.3, -0.25) is 14.5 Å². The number of ether oxygens (including phenoxy) is 1. The highest BCUT2D eigenvalue weighted by molar-refractivity contribution is 5.83. The SMILES string of the molecule is CCCOc1ccc(CN2CCC(NC(=O)CNC(C)=O)C2)cn1. The standard InChI is InChI=1S/C17H26N4O3/c1-3-8-24-17-5-4-14(9-19-17)11-21-7-6-15(12-21)20-16(23)10-18-13(2)22/h4-5,9,15H,3,6-8,10-12H2,1-2H3,(H,18,22)(H,20,23). The molecule has 0 bridgehead atoms. The molecule has 1 saturated heterocycles. The minimum absolute atomic E-state index is 0.0367. The number of pyridine rings is 1. The molecule has 1 aromatic heterocycles. The van der Waals surface area contributed by atoms with Crippen LogP contribution in [0.1, 0.15) is 32.3 Å². The van der Waals surface area contributed by atoms with Gasteiger partial charge >= 0.3 is 0 Å². The van der Waals surface area contributed by atoms with Gasteiger partial charge in [0.2, 0.25) is 17.7 Å². The maximum absolute atomic E-state index is 11.7. The minimum Gasteiger partial charge on any atom is -0.478 e. The van der Waals surface area contributed by atoms with E-state index in [1.165, 1.54) is 6.92 Å². The highest BCUT2D eigenvalue weighted by atomic mass is 16.5. The van der Waals surface area contributed by atoms with Crippen molar-refractivity contribution in [1.82, 2.24) is 20.5 Å². The first-order valence-corrected chi connectivity index (χ1v) is 8.40. The van der Waals surface area contributed by atoms with Crippen molar-refractivity contribution in [2.45, 2.75) is 39.3 Å². The third-order valence-corrected chi connectivity index (χ3v) is 3.79. The molecule has 2 amide bonds. The molecule has 1 fully saturated rings. The molecule has 2 heterocycles. The first-order valence-electron chi connectivity index (χ1n) is 8.40. The van der Waals surface area contributed by atoms with Crippen LogP contribution in [0.4, 0.5) is 0 Å². The average molecular weight is 334 g/mol. The topological polar surface area (TPSA) is 83.6 Å². The lowest BCUT2D eigenvalue weighted by Gasteiger charge is -2.17. The summed E-state index contributed by atoms with van der Waals surface area (Å²) in [5.41, 5.74) is 1.13. The lowest BCUT2D eigenvalue weighted by molar-refractivity contribution is -0.125. The fourth-order valence-electron chi connectivity index (χ4n) is 2.63. The van der Waals surface area contributed by atoms with Crippen LogP contribution in [-0.2, 0) is 16.1 Å². The van der Waals surface area contributed by atoms with Crippen LogP contribution in [0.2, 0.25) is 0 Å². The highest BCUT2D eigenvalue weighted by Crippen LogP contribution is 2.15. The van der Waals surface area contributed by atoms with Crippen LogP contribution in [0.3, 0.4) is 0 Å². The Bertz CT molecular complexity index is 547. The molecule has 0 saturated carbocycles. The molecular weight excluding hydrogens is 308 g/mol. The Kier molecular flexibility index (Phi) is 6.99. The van der Waals surface area contributed by atoms with E-state index in [0.717, 1.165) is 38.0 Å². The van der Waals surface area contributed by atoms with Gasteiger partial charge in [-0.05, 0) is 18.4 Å². The summed E-state index contributed by atoms with van der Waals surface area (Å²) in [7, 11) is 0. The molecular formula is C17H26N4O3. The Morgan fingerprint density at radius 2 is 2.25 bits per heavy atom. The third-order valence-electron chi connectivity index (χ3n) is 3.79. The van der Waals surface area contributed by atoms with Gasteiger partial charge in [-0.25, -0.2) is 4.98 Å². The predicted molar refractivity (Wildman–Crippen MR) is 90.5 cm³/mol. The van der Waals surface area contributed by atoms with Crippen molar-refractivity contribution < 1.29 is 14.3 Å². The smallest absolute Gasteiger partial charge is 0.239 e. The van der Waals surface area contributed by atoms with E-state index in [9.17, 15) is 9.59 Å². The summed E-state index contributed by atoms with van der Waals surface area (Å²) in [6.07, 6.45) is 3.72. The van der Waals surface area contributed by atoms with E-state index in [1.54, 1.807) is 0 Å². The zero-order valence-corrected chi connectivity index (χ0v) is 14.4. The number of carbonyl (C=O) groups is 2. The summed E-state index contributed by atoms with van der Waals surface area (Å²) >= 11 is 0. The van der Waals surface area contributed by atoms with Gasteiger partial charge in [0.1, 0.15) is 0 Å². The van der Waals surface area contributed by atoms with E-state index in [4.69, 9.17) is 4.74 Å². The molecule has 24 heavy (non-hydrogen) atoms. The van der Waals surface area contributed by atoms with Crippen LogP contribution in [0.15, 0.2) is 18.3 Å². The fraction of sp³-hybridized carbons (Fsp3) is 0.588. The lowest BCUT2D eigenvalue weighted by atomic mass is 10.2. The quantitative estimate of drug-likeness (QED) is 0.731. The van der Waals surface area contributed by atoms with Crippen molar-refractivity contribution in [1.29, 1.82) is 0 Å². The van der Waals surface area contributed by atoms with Crippen LogP contribution in [0.25, 0.3) is 0 Å². The number of nitrogens with zero attached hydrogens (tertiary/aromatic N) is 2. The first-order chi connectivity index (χ1) is 11.6. The molecule has 1 aliphatic heterocycles. The van der Waals surface area contributed by atoms with Crippen molar-refractivity contribution >= 4 is 11.8 Å². The van der Waals surface area contributed by atoms with E-state index in [2.05, 4.69) is 27.4 Å². The molecule has 0 aromatic carbocycles. The molecule has 1 atom stereocenters. The highest BCUT2D eigenvalue weighted by Gasteiger charge is 2.23. The van der Waals surface area contributed by atoms with Crippen LogP contribution in [0, 0.1) is 0 Å². The maximum atomic E-state index is 11.7. The summed E-state index contributed by atoms with van der Waals surface area (Å²) in [5.74, 6) is 0.318. The van der Waals surface area contributed by atoms with Gasteiger partial charge in [0.25, 0.3) is 0 Å². The second kappa shape index (κ2) is 9.22. The number of nitrogens with one attached hydrogen (secondary N) is 2. The van der Waals surface area contributed by atoms with Gasteiger partial charge in [-0.15, -0.1) is 0 Å². The minimum atomic E-state index is -0.197. The van der Waals surface area contributed by atoms with Crippen molar-refractivity contribution in [3.8, 4) is 5.88 Å². The molecule has 1 unspecified atom stereocenters. The summed E-state index contributed by atoms with van der Waals surface area (Å²) in [6.45, 7) is 6.72. The molecule has 0 radical (unpaired) electrons. The Labute approximate surface area is 142 Å². The number of hydrogen-bond acceptors (Lipinski definition) is 5. The Balaban J connectivity index is 1.73.